The van der Waals surface area contributed by atoms with Gasteiger partial charge in [0.25, 0.3) is 5.91 Å². The molecular weight excluding hydrogens is 368 g/mol. The number of aromatic amines is 1. The van der Waals surface area contributed by atoms with Crippen molar-refractivity contribution in [2.45, 2.75) is 25.3 Å². The van der Waals surface area contributed by atoms with Crippen molar-refractivity contribution >= 4 is 28.1 Å². The summed E-state index contributed by atoms with van der Waals surface area (Å²) in [6.07, 6.45) is 6.76. The Labute approximate surface area is 167 Å². The van der Waals surface area contributed by atoms with Gasteiger partial charge in [0.05, 0.1) is 11.7 Å². The van der Waals surface area contributed by atoms with Crippen LogP contribution in [0.5, 0.6) is 0 Å². The largest absolute Gasteiger partial charge is 0.353 e. The van der Waals surface area contributed by atoms with Crippen LogP contribution in [-0.4, -0.2) is 32.3 Å². The van der Waals surface area contributed by atoms with E-state index in [4.69, 9.17) is 0 Å². The number of fused-ring (bicyclic) bond motifs is 1. The number of pyridine rings is 1. The minimum Gasteiger partial charge on any atom is -0.353 e. The van der Waals surface area contributed by atoms with Gasteiger partial charge in [-0.25, -0.2) is 4.98 Å². The highest BCUT2D eigenvalue weighted by Gasteiger charge is 2.30. The van der Waals surface area contributed by atoms with Gasteiger partial charge in [0.15, 0.2) is 0 Å². The zero-order valence-electron chi connectivity index (χ0n) is 15.3. The summed E-state index contributed by atoms with van der Waals surface area (Å²) < 4.78 is 0. The van der Waals surface area contributed by atoms with Crippen molar-refractivity contribution in [2.75, 3.05) is 6.54 Å². The first-order valence-corrected chi connectivity index (χ1v) is 10.4. The lowest BCUT2D eigenvalue weighted by molar-refractivity contribution is 0.0606. The predicted octanol–water partition coefficient (Wildman–Crippen LogP) is 5.05. The van der Waals surface area contributed by atoms with E-state index < -0.39 is 0 Å². The van der Waals surface area contributed by atoms with Crippen molar-refractivity contribution in [3.05, 3.63) is 71.5 Å². The maximum Gasteiger partial charge on any atom is 0.273 e. The first-order chi connectivity index (χ1) is 13.8. The fourth-order valence-electron chi connectivity index (χ4n) is 3.93. The zero-order chi connectivity index (χ0) is 18.9. The van der Waals surface area contributed by atoms with Crippen LogP contribution in [0.3, 0.4) is 0 Å². The smallest absolute Gasteiger partial charge is 0.273 e. The minimum atomic E-state index is 0.00663. The van der Waals surface area contributed by atoms with Crippen LogP contribution in [0.1, 0.15) is 41.4 Å². The summed E-state index contributed by atoms with van der Waals surface area (Å²) in [5.41, 5.74) is 3.65. The number of thiazole rings is 1. The molecule has 28 heavy (non-hydrogen) atoms. The van der Waals surface area contributed by atoms with E-state index in [1.807, 2.05) is 40.7 Å². The topological polar surface area (TPSA) is 61.9 Å². The van der Waals surface area contributed by atoms with Gasteiger partial charge in [-0.15, -0.1) is 11.3 Å². The molecule has 1 amide bonds. The summed E-state index contributed by atoms with van der Waals surface area (Å²) in [5.74, 6) is 0.00663. The number of para-hydroxylation sites is 1. The monoisotopic (exact) mass is 388 g/mol. The van der Waals surface area contributed by atoms with Crippen molar-refractivity contribution in [3.63, 3.8) is 0 Å². The van der Waals surface area contributed by atoms with E-state index in [1.54, 1.807) is 6.20 Å². The normalized spacial score (nSPS) is 17.1. The van der Waals surface area contributed by atoms with Gasteiger partial charge in [-0.05, 0) is 43.0 Å². The maximum atomic E-state index is 13.2. The molecule has 5 rings (SSSR count). The molecule has 5 nitrogen and oxygen atoms in total. The van der Waals surface area contributed by atoms with E-state index >= 15 is 0 Å². The van der Waals surface area contributed by atoms with Crippen LogP contribution in [0, 0.1) is 0 Å². The van der Waals surface area contributed by atoms with Gasteiger partial charge in [0.2, 0.25) is 0 Å². The Hall–Kier alpha value is -2.99. The third kappa shape index (κ3) is 3.10. The van der Waals surface area contributed by atoms with E-state index in [0.29, 0.717) is 5.69 Å². The van der Waals surface area contributed by atoms with E-state index in [-0.39, 0.29) is 11.9 Å². The highest BCUT2D eigenvalue weighted by Crippen LogP contribution is 2.33. The Morgan fingerprint density at radius 3 is 2.96 bits per heavy atom. The number of H-pyrrole nitrogens is 1. The number of benzene rings is 1. The Morgan fingerprint density at radius 2 is 2.11 bits per heavy atom. The van der Waals surface area contributed by atoms with Crippen molar-refractivity contribution in [1.29, 1.82) is 0 Å². The molecule has 1 fully saturated rings. The molecule has 4 heterocycles. The molecule has 0 radical (unpaired) electrons. The molecule has 1 saturated heterocycles. The standard InChI is InChI=1S/C22H20N4OS/c27-22(26-11-4-3-9-20(26)16-7-5-10-23-13-16)19-14-28-21(25-19)18-12-15-6-1-2-8-17(15)24-18/h1-2,5-8,10,12-14,20,24H,3-4,9,11H2. The lowest BCUT2D eigenvalue weighted by atomic mass is 9.96. The molecule has 3 aromatic heterocycles. The second kappa shape index (κ2) is 7.20. The molecule has 0 saturated carbocycles. The van der Waals surface area contributed by atoms with E-state index in [9.17, 15) is 4.79 Å². The van der Waals surface area contributed by atoms with Gasteiger partial charge in [0, 0.05) is 35.2 Å². The highest BCUT2D eigenvalue weighted by atomic mass is 32.1. The lowest BCUT2D eigenvalue weighted by Gasteiger charge is -2.35. The molecule has 1 N–H and O–H groups in total. The van der Waals surface area contributed by atoms with Gasteiger partial charge in [0.1, 0.15) is 10.7 Å². The number of aromatic nitrogens is 3. The van der Waals surface area contributed by atoms with Crippen LogP contribution in [0.4, 0.5) is 0 Å². The number of carbonyl (C=O) groups excluding carboxylic acids is 1. The Balaban J connectivity index is 1.43. The second-order valence-electron chi connectivity index (χ2n) is 7.10. The van der Waals surface area contributed by atoms with Crippen molar-refractivity contribution in [3.8, 4) is 10.7 Å². The van der Waals surface area contributed by atoms with Crippen LogP contribution in [-0.2, 0) is 0 Å². The summed E-state index contributed by atoms with van der Waals surface area (Å²) in [5, 5.41) is 3.86. The van der Waals surface area contributed by atoms with Crippen molar-refractivity contribution in [1.82, 2.24) is 19.9 Å². The predicted molar refractivity (Wildman–Crippen MR) is 111 cm³/mol. The van der Waals surface area contributed by atoms with Crippen molar-refractivity contribution < 1.29 is 4.79 Å². The summed E-state index contributed by atoms with van der Waals surface area (Å²) in [6, 6.07) is 14.3. The summed E-state index contributed by atoms with van der Waals surface area (Å²) in [6.45, 7) is 0.762. The number of rotatable bonds is 3. The molecule has 1 atom stereocenters. The average Bonchev–Trinajstić information content (AvgIpc) is 3.41. The third-order valence-corrected chi connectivity index (χ3v) is 6.19. The molecule has 140 valence electrons. The number of piperidine rings is 1. The second-order valence-corrected chi connectivity index (χ2v) is 7.96. The number of carbonyl (C=O) groups is 1. The molecule has 4 aromatic rings. The van der Waals surface area contributed by atoms with Crippen LogP contribution >= 0.6 is 11.3 Å². The van der Waals surface area contributed by atoms with Gasteiger partial charge in [-0.1, -0.05) is 24.3 Å². The molecule has 0 aliphatic carbocycles. The fourth-order valence-corrected chi connectivity index (χ4v) is 4.69. The summed E-state index contributed by atoms with van der Waals surface area (Å²) in [4.78, 5) is 27.5. The highest BCUT2D eigenvalue weighted by molar-refractivity contribution is 7.13. The van der Waals surface area contributed by atoms with Gasteiger partial charge < -0.3 is 9.88 Å². The number of nitrogens with zero attached hydrogens (tertiary/aromatic N) is 3. The lowest BCUT2D eigenvalue weighted by Crippen LogP contribution is -2.38. The SMILES string of the molecule is O=C(c1csc(-c2cc3ccccc3[nH]2)n1)N1CCCCC1c1cccnc1. The number of hydrogen-bond donors (Lipinski definition) is 1. The minimum absolute atomic E-state index is 0.00663. The Bertz CT molecular complexity index is 1080. The Morgan fingerprint density at radius 1 is 1.18 bits per heavy atom. The van der Waals surface area contributed by atoms with Gasteiger partial charge in [-0.3, -0.25) is 9.78 Å². The number of amides is 1. The van der Waals surface area contributed by atoms with Crippen LogP contribution in [0.15, 0.2) is 60.2 Å². The summed E-state index contributed by atoms with van der Waals surface area (Å²) in [7, 11) is 0. The van der Waals surface area contributed by atoms with Crippen LogP contribution in [0.2, 0.25) is 0 Å². The van der Waals surface area contributed by atoms with Gasteiger partial charge in [-0.2, -0.15) is 0 Å². The maximum absolute atomic E-state index is 13.2. The van der Waals surface area contributed by atoms with Crippen LogP contribution in [0.25, 0.3) is 21.6 Å². The number of likely N-dealkylation sites (tertiary alicyclic amines) is 1. The molecule has 1 aliphatic heterocycles. The summed E-state index contributed by atoms with van der Waals surface area (Å²) >= 11 is 1.51. The third-order valence-electron chi connectivity index (χ3n) is 5.32. The van der Waals surface area contributed by atoms with Crippen molar-refractivity contribution in [2.24, 2.45) is 0 Å². The van der Waals surface area contributed by atoms with Crippen LogP contribution < -0.4 is 0 Å². The van der Waals surface area contributed by atoms with E-state index in [1.165, 1.54) is 11.3 Å². The van der Waals surface area contributed by atoms with E-state index in [2.05, 4.69) is 33.2 Å². The fraction of sp³-hybridized carbons (Fsp3) is 0.227. The molecule has 0 bridgehead atoms. The average molecular weight is 388 g/mol. The van der Waals surface area contributed by atoms with E-state index in [0.717, 1.165) is 53.0 Å². The first kappa shape index (κ1) is 17.1. The molecule has 1 aromatic carbocycles. The molecule has 6 heteroatoms. The molecule has 0 spiro atoms. The first-order valence-electron chi connectivity index (χ1n) is 9.54. The molecule has 1 aliphatic rings. The quantitative estimate of drug-likeness (QED) is 0.534. The number of hydrogen-bond acceptors (Lipinski definition) is 4. The van der Waals surface area contributed by atoms with Gasteiger partial charge >= 0.3 is 0 Å². The number of nitrogens with one attached hydrogen (secondary N) is 1. The molecule has 1 unspecified atom stereocenters. The zero-order valence-corrected chi connectivity index (χ0v) is 16.2. The Kier molecular flexibility index (Phi) is 4.41. The molecular formula is C22H20N4OS.